The van der Waals surface area contributed by atoms with Gasteiger partial charge in [-0.15, -0.1) is 11.8 Å². The normalized spacial score (nSPS) is 16.0. The van der Waals surface area contributed by atoms with Gasteiger partial charge in [0.1, 0.15) is 0 Å². The Bertz CT molecular complexity index is 1160. The molecule has 4 rings (SSSR count). The largest absolute Gasteiger partial charge is 0.455 e. The number of aromatic amines is 1. The average Bonchev–Trinajstić information content (AvgIpc) is 2.92. The van der Waals surface area contributed by atoms with Crippen molar-refractivity contribution < 1.29 is 14.3 Å². The first kappa shape index (κ1) is 20.2. The van der Waals surface area contributed by atoms with Gasteiger partial charge in [-0.25, -0.2) is 5.10 Å². The van der Waals surface area contributed by atoms with Crippen LogP contribution in [0.4, 0.5) is 5.69 Å². The van der Waals surface area contributed by atoms with E-state index in [4.69, 9.17) is 4.74 Å². The van der Waals surface area contributed by atoms with Gasteiger partial charge < -0.3 is 9.64 Å². The Kier molecular flexibility index (Phi) is 5.85. The Labute approximate surface area is 177 Å². The van der Waals surface area contributed by atoms with E-state index >= 15 is 0 Å². The number of carbonyl (C=O) groups is 2. The Morgan fingerprint density at radius 1 is 1.17 bits per heavy atom. The van der Waals surface area contributed by atoms with Crippen LogP contribution in [0.25, 0.3) is 10.8 Å². The number of anilines is 1. The molecule has 1 atom stereocenters. The minimum atomic E-state index is -0.570. The number of aromatic nitrogens is 2. The summed E-state index contributed by atoms with van der Waals surface area (Å²) in [5.74, 6) is -0.830. The van der Waals surface area contributed by atoms with Crippen molar-refractivity contribution >= 4 is 40.1 Å². The highest BCUT2D eigenvalue weighted by molar-refractivity contribution is 8.00. The molecule has 1 aliphatic rings. The standard InChI is InChI=1S/C22H21N3O4S/c1-14-10-11-25(18-8-4-5-9-19(18)30-14)20(26)13-29-21(27)12-17-15-6-2-3-7-16(15)22(28)24-23-17/h2-9,14H,10-13H2,1H3,(H,24,28). The van der Waals surface area contributed by atoms with Gasteiger partial charge in [-0.05, 0) is 24.6 Å². The summed E-state index contributed by atoms with van der Waals surface area (Å²) >= 11 is 1.74. The van der Waals surface area contributed by atoms with Gasteiger partial charge in [-0.3, -0.25) is 14.4 Å². The zero-order valence-corrected chi connectivity index (χ0v) is 17.3. The van der Waals surface area contributed by atoms with Crippen molar-refractivity contribution in [1.29, 1.82) is 0 Å². The molecule has 7 nitrogen and oxygen atoms in total. The molecule has 2 heterocycles. The molecule has 0 spiro atoms. The topological polar surface area (TPSA) is 92.4 Å². The second kappa shape index (κ2) is 8.71. The molecule has 0 radical (unpaired) electrons. The number of hydrogen-bond acceptors (Lipinski definition) is 6. The zero-order valence-electron chi connectivity index (χ0n) is 16.5. The molecule has 8 heteroatoms. The number of esters is 1. The Morgan fingerprint density at radius 2 is 1.90 bits per heavy atom. The van der Waals surface area contributed by atoms with E-state index in [9.17, 15) is 14.4 Å². The molecule has 0 aliphatic carbocycles. The van der Waals surface area contributed by atoms with Crippen molar-refractivity contribution in [1.82, 2.24) is 10.2 Å². The fourth-order valence-electron chi connectivity index (χ4n) is 3.46. The van der Waals surface area contributed by atoms with E-state index < -0.39 is 5.97 Å². The minimum absolute atomic E-state index is 0.131. The van der Waals surface area contributed by atoms with Crippen LogP contribution in [-0.2, 0) is 20.7 Å². The summed E-state index contributed by atoms with van der Waals surface area (Å²) in [6, 6.07) is 14.7. The molecule has 3 aromatic rings. The van der Waals surface area contributed by atoms with Crippen LogP contribution < -0.4 is 10.5 Å². The molecule has 1 aliphatic heterocycles. The van der Waals surface area contributed by atoms with E-state index in [1.807, 2.05) is 24.3 Å². The van der Waals surface area contributed by atoms with Crippen molar-refractivity contribution in [2.75, 3.05) is 18.1 Å². The van der Waals surface area contributed by atoms with Crippen LogP contribution >= 0.6 is 11.8 Å². The van der Waals surface area contributed by atoms with Gasteiger partial charge in [-0.1, -0.05) is 37.3 Å². The maximum atomic E-state index is 12.8. The number of fused-ring (bicyclic) bond motifs is 2. The van der Waals surface area contributed by atoms with E-state index in [-0.39, 0.29) is 24.5 Å². The summed E-state index contributed by atoms with van der Waals surface area (Å²) in [6.45, 7) is 2.37. The molecule has 0 saturated heterocycles. The SMILES string of the molecule is CC1CCN(C(=O)COC(=O)Cc2n[nH]c(=O)c3ccccc23)c2ccccc2S1. The van der Waals surface area contributed by atoms with E-state index in [1.165, 1.54) is 0 Å². The van der Waals surface area contributed by atoms with Crippen LogP contribution in [0.15, 0.2) is 58.2 Å². The van der Waals surface area contributed by atoms with Crippen LogP contribution in [0, 0.1) is 0 Å². The number of nitrogens with zero attached hydrogens (tertiary/aromatic N) is 2. The third-order valence-corrected chi connectivity index (χ3v) is 6.23. The monoisotopic (exact) mass is 423 g/mol. The van der Waals surface area contributed by atoms with Crippen molar-refractivity contribution in [2.24, 2.45) is 0 Å². The van der Waals surface area contributed by atoms with Crippen molar-refractivity contribution in [2.45, 2.75) is 29.9 Å². The smallest absolute Gasteiger partial charge is 0.312 e. The summed E-state index contributed by atoms with van der Waals surface area (Å²) < 4.78 is 5.25. The van der Waals surface area contributed by atoms with Gasteiger partial charge in [0.25, 0.3) is 11.5 Å². The molecule has 1 N–H and O–H groups in total. The summed E-state index contributed by atoms with van der Waals surface area (Å²) in [4.78, 5) is 39.8. The predicted octanol–water partition coefficient (Wildman–Crippen LogP) is 2.93. The van der Waals surface area contributed by atoms with Gasteiger partial charge in [0.05, 0.1) is 23.2 Å². The van der Waals surface area contributed by atoms with Gasteiger partial charge in [-0.2, -0.15) is 5.10 Å². The van der Waals surface area contributed by atoms with Crippen LogP contribution in [0.1, 0.15) is 19.0 Å². The Balaban J connectivity index is 1.44. The summed E-state index contributed by atoms with van der Waals surface area (Å²) in [5, 5.41) is 7.82. The number of H-pyrrole nitrogens is 1. The van der Waals surface area contributed by atoms with Gasteiger partial charge in [0, 0.05) is 22.1 Å². The summed E-state index contributed by atoms with van der Waals surface area (Å²) in [6.07, 6.45) is 0.723. The van der Waals surface area contributed by atoms with Gasteiger partial charge in [0.15, 0.2) is 6.61 Å². The number of amides is 1. The Hall–Kier alpha value is -3.13. The van der Waals surface area contributed by atoms with Gasteiger partial charge in [0.2, 0.25) is 0 Å². The summed E-state index contributed by atoms with van der Waals surface area (Å²) in [7, 11) is 0. The quantitative estimate of drug-likeness (QED) is 0.649. The molecule has 1 amide bonds. The molecule has 0 bridgehead atoms. The Morgan fingerprint density at radius 3 is 2.73 bits per heavy atom. The molecule has 1 aromatic heterocycles. The number of hydrogen-bond donors (Lipinski definition) is 1. The maximum absolute atomic E-state index is 12.8. The van der Waals surface area contributed by atoms with E-state index in [2.05, 4.69) is 17.1 Å². The highest BCUT2D eigenvalue weighted by Crippen LogP contribution is 2.37. The van der Waals surface area contributed by atoms with Crippen LogP contribution in [0.5, 0.6) is 0 Å². The van der Waals surface area contributed by atoms with Crippen molar-refractivity contribution in [3.05, 3.63) is 64.6 Å². The van der Waals surface area contributed by atoms with Crippen LogP contribution in [-0.4, -0.2) is 40.5 Å². The average molecular weight is 423 g/mol. The number of rotatable bonds is 4. The summed E-state index contributed by atoms with van der Waals surface area (Å²) in [5.41, 5.74) is 0.944. The number of nitrogens with one attached hydrogen (secondary N) is 1. The lowest BCUT2D eigenvalue weighted by Crippen LogP contribution is -2.36. The highest BCUT2D eigenvalue weighted by atomic mass is 32.2. The number of benzene rings is 2. The van der Waals surface area contributed by atoms with E-state index in [0.29, 0.717) is 28.3 Å². The third-order valence-electron chi connectivity index (χ3n) is 4.99. The lowest BCUT2D eigenvalue weighted by atomic mass is 10.1. The minimum Gasteiger partial charge on any atom is -0.455 e. The molecule has 2 aromatic carbocycles. The number of ether oxygens (including phenoxy) is 1. The lowest BCUT2D eigenvalue weighted by Gasteiger charge is -2.22. The van der Waals surface area contributed by atoms with Gasteiger partial charge >= 0.3 is 5.97 Å². The molecule has 1 unspecified atom stereocenters. The maximum Gasteiger partial charge on any atom is 0.312 e. The second-order valence-electron chi connectivity index (χ2n) is 7.11. The molecule has 154 valence electrons. The molecule has 0 fully saturated rings. The number of carbonyl (C=O) groups excluding carboxylic acids is 2. The fourth-order valence-corrected chi connectivity index (χ4v) is 4.57. The van der Waals surface area contributed by atoms with E-state index in [0.717, 1.165) is 17.0 Å². The van der Waals surface area contributed by atoms with E-state index in [1.54, 1.807) is 40.9 Å². The highest BCUT2D eigenvalue weighted by Gasteiger charge is 2.25. The number of thioether (sulfide) groups is 1. The predicted molar refractivity (Wildman–Crippen MR) is 116 cm³/mol. The van der Waals surface area contributed by atoms with Crippen LogP contribution in [0.3, 0.4) is 0 Å². The van der Waals surface area contributed by atoms with Crippen molar-refractivity contribution in [3.63, 3.8) is 0 Å². The molecular weight excluding hydrogens is 402 g/mol. The molecule has 30 heavy (non-hydrogen) atoms. The lowest BCUT2D eigenvalue weighted by molar-refractivity contribution is -0.147. The first-order valence-electron chi connectivity index (χ1n) is 9.71. The first-order chi connectivity index (χ1) is 14.5. The molecule has 0 saturated carbocycles. The van der Waals surface area contributed by atoms with Crippen LogP contribution in [0.2, 0.25) is 0 Å². The first-order valence-corrected chi connectivity index (χ1v) is 10.6. The second-order valence-corrected chi connectivity index (χ2v) is 8.59. The number of para-hydroxylation sites is 1. The zero-order chi connectivity index (χ0) is 21.1. The third kappa shape index (κ3) is 4.23. The molecular formula is C22H21N3O4S. The van der Waals surface area contributed by atoms with Crippen molar-refractivity contribution in [3.8, 4) is 0 Å². The fraction of sp³-hybridized carbons (Fsp3) is 0.273.